The molecule has 1 unspecified atom stereocenters. The predicted molar refractivity (Wildman–Crippen MR) is 106 cm³/mol. The fourth-order valence-corrected chi connectivity index (χ4v) is 3.83. The van der Waals surface area contributed by atoms with Crippen molar-refractivity contribution in [1.82, 2.24) is 10.2 Å². The van der Waals surface area contributed by atoms with Gasteiger partial charge in [-0.25, -0.2) is 0 Å². The lowest BCUT2D eigenvalue weighted by molar-refractivity contribution is -0.130. The highest BCUT2D eigenvalue weighted by atomic mass is 16.5. The summed E-state index contributed by atoms with van der Waals surface area (Å²) in [7, 11) is 1.90. The lowest BCUT2D eigenvalue weighted by Gasteiger charge is -2.31. The zero-order chi connectivity index (χ0) is 19.1. The highest BCUT2D eigenvalue weighted by Gasteiger charge is 2.21. The van der Waals surface area contributed by atoms with Crippen LogP contribution in [0.4, 0.5) is 5.69 Å². The molecule has 0 radical (unpaired) electrons. The van der Waals surface area contributed by atoms with E-state index in [4.69, 9.17) is 4.74 Å². The molecule has 1 aliphatic heterocycles. The number of likely N-dealkylation sites (N-methyl/N-ethyl adjacent to an activating group) is 1. The van der Waals surface area contributed by atoms with Crippen LogP contribution < -0.4 is 10.6 Å². The van der Waals surface area contributed by atoms with Crippen LogP contribution in [0.15, 0.2) is 24.3 Å². The molecule has 1 saturated carbocycles. The molecule has 2 fully saturated rings. The Labute approximate surface area is 161 Å². The fraction of sp³-hybridized carbons (Fsp3) is 0.619. The lowest BCUT2D eigenvalue weighted by atomic mass is 9.94. The van der Waals surface area contributed by atoms with E-state index in [1.54, 1.807) is 12.1 Å². The SMILES string of the molecule is CN(C(=O)CNc1ccc(C(=O)NCC2CCCO2)cc1)C1CCCCC1. The number of nitrogens with zero attached hydrogens (tertiary/aromatic N) is 1. The van der Waals surface area contributed by atoms with E-state index >= 15 is 0 Å². The molecule has 27 heavy (non-hydrogen) atoms. The van der Waals surface area contributed by atoms with Gasteiger partial charge in [0.1, 0.15) is 0 Å². The Morgan fingerprint density at radius 2 is 1.81 bits per heavy atom. The molecule has 0 spiro atoms. The summed E-state index contributed by atoms with van der Waals surface area (Å²) in [5.41, 5.74) is 1.46. The summed E-state index contributed by atoms with van der Waals surface area (Å²) in [4.78, 5) is 26.5. The number of ether oxygens (including phenoxy) is 1. The van der Waals surface area contributed by atoms with Crippen LogP contribution in [-0.4, -0.2) is 55.6 Å². The van der Waals surface area contributed by atoms with Crippen LogP contribution in [0.5, 0.6) is 0 Å². The second-order valence-electron chi connectivity index (χ2n) is 7.57. The van der Waals surface area contributed by atoms with Gasteiger partial charge in [0.2, 0.25) is 5.91 Å². The molecule has 2 aliphatic rings. The molecule has 1 aromatic rings. The number of carbonyl (C=O) groups is 2. The first kappa shape index (κ1) is 19.7. The summed E-state index contributed by atoms with van der Waals surface area (Å²) < 4.78 is 5.52. The third kappa shape index (κ3) is 5.70. The summed E-state index contributed by atoms with van der Waals surface area (Å²) in [5, 5.41) is 6.08. The molecule has 2 amide bonds. The maximum absolute atomic E-state index is 12.4. The van der Waals surface area contributed by atoms with Crippen molar-refractivity contribution in [1.29, 1.82) is 0 Å². The van der Waals surface area contributed by atoms with Crippen LogP contribution in [0.1, 0.15) is 55.3 Å². The molecule has 1 heterocycles. The van der Waals surface area contributed by atoms with Crippen LogP contribution in [-0.2, 0) is 9.53 Å². The summed E-state index contributed by atoms with van der Waals surface area (Å²) in [6.45, 7) is 1.62. The second-order valence-corrected chi connectivity index (χ2v) is 7.57. The van der Waals surface area contributed by atoms with Gasteiger partial charge in [0.25, 0.3) is 5.91 Å². The number of anilines is 1. The predicted octanol–water partition coefficient (Wildman–Crippen LogP) is 2.80. The van der Waals surface area contributed by atoms with E-state index in [0.29, 0.717) is 18.2 Å². The standard InChI is InChI=1S/C21H31N3O3/c1-24(18-6-3-2-4-7-18)20(25)15-22-17-11-9-16(10-12-17)21(26)23-14-19-8-5-13-27-19/h9-12,18-19,22H,2-8,13-15H2,1H3,(H,23,26). The van der Waals surface area contributed by atoms with Gasteiger partial charge in [-0.15, -0.1) is 0 Å². The van der Waals surface area contributed by atoms with E-state index in [1.807, 2.05) is 24.1 Å². The van der Waals surface area contributed by atoms with Crippen LogP contribution in [0.3, 0.4) is 0 Å². The van der Waals surface area contributed by atoms with Gasteiger partial charge < -0.3 is 20.3 Å². The number of benzene rings is 1. The first-order valence-corrected chi connectivity index (χ1v) is 10.1. The third-order valence-corrected chi connectivity index (χ3v) is 5.62. The van der Waals surface area contributed by atoms with Gasteiger partial charge in [-0.05, 0) is 49.9 Å². The molecule has 3 rings (SSSR count). The van der Waals surface area contributed by atoms with Crippen molar-refractivity contribution in [2.45, 2.75) is 57.1 Å². The highest BCUT2D eigenvalue weighted by Crippen LogP contribution is 2.21. The Hall–Kier alpha value is -2.08. The number of hydrogen-bond donors (Lipinski definition) is 2. The van der Waals surface area contributed by atoms with Gasteiger partial charge in [-0.2, -0.15) is 0 Å². The minimum Gasteiger partial charge on any atom is -0.376 e. The van der Waals surface area contributed by atoms with Gasteiger partial charge in [0.05, 0.1) is 12.6 Å². The Morgan fingerprint density at radius 3 is 2.48 bits per heavy atom. The maximum Gasteiger partial charge on any atom is 0.251 e. The third-order valence-electron chi connectivity index (χ3n) is 5.62. The van der Waals surface area contributed by atoms with Crippen molar-refractivity contribution >= 4 is 17.5 Å². The Morgan fingerprint density at radius 1 is 1.07 bits per heavy atom. The van der Waals surface area contributed by atoms with Crippen molar-refractivity contribution in [3.8, 4) is 0 Å². The van der Waals surface area contributed by atoms with Crippen LogP contribution >= 0.6 is 0 Å². The van der Waals surface area contributed by atoms with Crippen molar-refractivity contribution in [2.75, 3.05) is 32.1 Å². The molecule has 1 aliphatic carbocycles. The number of nitrogens with one attached hydrogen (secondary N) is 2. The van der Waals surface area contributed by atoms with Crippen LogP contribution in [0.25, 0.3) is 0 Å². The van der Waals surface area contributed by atoms with Gasteiger partial charge in [-0.1, -0.05) is 19.3 Å². The molecule has 1 aromatic carbocycles. The maximum atomic E-state index is 12.4. The van der Waals surface area contributed by atoms with Crippen molar-refractivity contribution in [2.24, 2.45) is 0 Å². The largest absolute Gasteiger partial charge is 0.376 e. The number of amides is 2. The zero-order valence-electron chi connectivity index (χ0n) is 16.2. The molecule has 1 saturated heterocycles. The van der Waals surface area contributed by atoms with E-state index in [0.717, 1.165) is 38.0 Å². The van der Waals surface area contributed by atoms with E-state index in [2.05, 4.69) is 10.6 Å². The van der Waals surface area contributed by atoms with E-state index in [-0.39, 0.29) is 24.5 Å². The smallest absolute Gasteiger partial charge is 0.251 e. The van der Waals surface area contributed by atoms with E-state index in [1.165, 1.54) is 19.3 Å². The molecule has 2 N–H and O–H groups in total. The van der Waals surface area contributed by atoms with Crippen LogP contribution in [0, 0.1) is 0 Å². The zero-order valence-corrected chi connectivity index (χ0v) is 16.2. The average molecular weight is 373 g/mol. The first-order valence-electron chi connectivity index (χ1n) is 10.1. The molecule has 0 bridgehead atoms. The van der Waals surface area contributed by atoms with Crippen molar-refractivity contribution in [3.05, 3.63) is 29.8 Å². The molecule has 148 valence electrons. The minimum atomic E-state index is -0.0924. The first-order chi connectivity index (χ1) is 13.1. The molecular weight excluding hydrogens is 342 g/mol. The normalized spacial score (nSPS) is 20.3. The number of carbonyl (C=O) groups excluding carboxylic acids is 2. The summed E-state index contributed by atoms with van der Waals surface area (Å²) in [6.07, 6.45) is 8.14. The Kier molecular flexibility index (Phi) is 7.10. The molecule has 0 aromatic heterocycles. The molecule has 1 atom stereocenters. The minimum absolute atomic E-state index is 0.0924. The average Bonchev–Trinajstić information content (AvgIpc) is 3.24. The second kappa shape index (κ2) is 9.74. The lowest BCUT2D eigenvalue weighted by Crippen LogP contribution is -2.41. The van der Waals surface area contributed by atoms with Crippen LogP contribution in [0.2, 0.25) is 0 Å². The number of rotatable bonds is 7. The number of hydrogen-bond acceptors (Lipinski definition) is 4. The summed E-state index contributed by atoms with van der Waals surface area (Å²) in [5.74, 6) is 0.0189. The molecule has 6 nitrogen and oxygen atoms in total. The monoisotopic (exact) mass is 373 g/mol. The van der Waals surface area contributed by atoms with Gasteiger partial charge in [-0.3, -0.25) is 9.59 Å². The quantitative estimate of drug-likeness (QED) is 0.771. The molecular formula is C21H31N3O3. The summed E-state index contributed by atoms with van der Waals surface area (Å²) in [6, 6.07) is 7.62. The van der Waals surface area contributed by atoms with Gasteiger partial charge in [0, 0.05) is 37.5 Å². The summed E-state index contributed by atoms with van der Waals surface area (Å²) >= 11 is 0. The highest BCUT2D eigenvalue weighted by molar-refractivity contribution is 5.94. The van der Waals surface area contributed by atoms with Crippen molar-refractivity contribution in [3.63, 3.8) is 0 Å². The van der Waals surface area contributed by atoms with E-state index in [9.17, 15) is 9.59 Å². The van der Waals surface area contributed by atoms with Crippen molar-refractivity contribution < 1.29 is 14.3 Å². The Bertz CT molecular complexity index is 620. The Balaban J connectivity index is 1.42. The van der Waals surface area contributed by atoms with Gasteiger partial charge >= 0.3 is 0 Å². The van der Waals surface area contributed by atoms with Gasteiger partial charge in [0.15, 0.2) is 0 Å². The fourth-order valence-electron chi connectivity index (χ4n) is 3.83. The molecule has 6 heteroatoms. The topological polar surface area (TPSA) is 70.7 Å². The van der Waals surface area contributed by atoms with E-state index < -0.39 is 0 Å².